The standard InChI is InChI=1S/C25H25FN2O3/c1-30-22-13-18-11-12-28(16-24(29)27-20-10-6-9-19(26)14-20)25(17-7-4-3-5-8-17)21(18)15-23(22)31-2/h3-10,13-15,25H,11-12,16H2,1-2H3,(H,27,29)/p+1/t25-/m1/s1. The number of amides is 1. The van der Waals surface area contributed by atoms with Gasteiger partial charge < -0.3 is 19.7 Å². The number of ether oxygens (including phenoxy) is 2. The molecule has 1 amide bonds. The number of carbonyl (C=O) groups is 1. The highest BCUT2D eigenvalue weighted by Crippen LogP contribution is 2.36. The van der Waals surface area contributed by atoms with Gasteiger partial charge in [-0.1, -0.05) is 36.4 Å². The highest BCUT2D eigenvalue weighted by Gasteiger charge is 2.35. The highest BCUT2D eigenvalue weighted by molar-refractivity contribution is 5.91. The number of carbonyl (C=O) groups excluding carboxylic acids is 1. The average Bonchev–Trinajstić information content (AvgIpc) is 2.78. The lowest BCUT2D eigenvalue weighted by atomic mass is 9.87. The summed E-state index contributed by atoms with van der Waals surface area (Å²) in [5, 5.41) is 2.82. The molecular weight excluding hydrogens is 395 g/mol. The second-order valence-electron chi connectivity index (χ2n) is 7.64. The van der Waals surface area contributed by atoms with Crippen molar-refractivity contribution >= 4 is 11.6 Å². The van der Waals surface area contributed by atoms with Crippen molar-refractivity contribution in [3.8, 4) is 11.5 Å². The minimum absolute atomic E-state index is 0.0250. The van der Waals surface area contributed by atoms with E-state index in [1.807, 2.05) is 30.3 Å². The number of nitrogens with one attached hydrogen (secondary N) is 2. The monoisotopic (exact) mass is 421 g/mol. The zero-order chi connectivity index (χ0) is 21.8. The molecule has 5 nitrogen and oxygen atoms in total. The van der Waals surface area contributed by atoms with Gasteiger partial charge in [0, 0.05) is 23.2 Å². The van der Waals surface area contributed by atoms with E-state index in [4.69, 9.17) is 9.47 Å². The smallest absolute Gasteiger partial charge is 0.279 e. The van der Waals surface area contributed by atoms with Gasteiger partial charge in [-0.3, -0.25) is 4.79 Å². The van der Waals surface area contributed by atoms with Crippen LogP contribution in [-0.2, 0) is 11.2 Å². The molecule has 0 spiro atoms. The molecule has 0 aliphatic carbocycles. The van der Waals surface area contributed by atoms with Crippen LogP contribution in [0.4, 0.5) is 10.1 Å². The van der Waals surface area contributed by atoms with Gasteiger partial charge in [-0.15, -0.1) is 0 Å². The van der Waals surface area contributed by atoms with E-state index in [0.29, 0.717) is 17.2 Å². The van der Waals surface area contributed by atoms with Gasteiger partial charge in [0.2, 0.25) is 0 Å². The number of hydrogen-bond acceptors (Lipinski definition) is 3. The second-order valence-corrected chi connectivity index (χ2v) is 7.64. The van der Waals surface area contributed by atoms with E-state index in [1.54, 1.807) is 26.4 Å². The van der Waals surface area contributed by atoms with Crippen LogP contribution in [0.5, 0.6) is 11.5 Å². The Morgan fingerprint density at radius 2 is 1.77 bits per heavy atom. The molecule has 1 unspecified atom stereocenters. The van der Waals surface area contributed by atoms with E-state index in [-0.39, 0.29) is 24.3 Å². The summed E-state index contributed by atoms with van der Waals surface area (Å²) >= 11 is 0. The largest absolute Gasteiger partial charge is 0.493 e. The van der Waals surface area contributed by atoms with E-state index in [9.17, 15) is 9.18 Å². The maximum Gasteiger partial charge on any atom is 0.279 e. The Bertz CT molecular complexity index is 1070. The number of quaternary nitrogens is 1. The summed E-state index contributed by atoms with van der Waals surface area (Å²) in [5.74, 6) is 0.860. The van der Waals surface area contributed by atoms with Crippen LogP contribution in [0.3, 0.4) is 0 Å². The van der Waals surface area contributed by atoms with Crippen molar-refractivity contribution in [2.45, 2.75) is 12.5 Å². The molecule has 2 atom stereocenters. The Morgan fingerprint density at radius 1 is 1.03 bits per heavy atom. The predicted octanol–water partition coefficient (Wildman–Crippen LogP) is 3.01. The van der Waals surface area contributed by atoms with Gasteiger partial charge in [0.15, 0.2) is 18.0 Å². The molecule has 0 aromatic heterocycles. The van der Waals surface area contributed by atoms with Crippen molar-refractivity contribution in [3.63, 3.8) is 0 Å². The fourth-order valence-corrected chi connectivity index (χ4v) is 4.31. The first-order chi connectivity index (χ1) is 15.1. The molecule has 1 heterocycles. The van der Waals surface area contributed by atoms with Crippen molar-refractivity contribution < 1.29 is 23.6 Å². The van der Waals surface area contributed by atoms with E-state index < -0.39 is 0 Å². The van der Waals surface area contributed by atoms with Crippen LogP contribution in [0.25, 0.3) is 0 Å². The van der Waals surface area contributed by atoms with Crippen molar-refractivity contribution in [1.82, 2.24) is 0 Å². The molecule has 3 aromatic carbocycles. The fraction of sp³-hybridized carbons (Fsp3) is 0.240. The number of fused-ring (bicyclic) bond motifs is 1. The molecule has 0 saturated heterocycles. The van der Waals surface area contributed by atoms with Crippen LogP contribution >= 0.6 is 0 Å². The average molecular weight is 421 g/mol. The molecule has 0 radical (unpaired) electrons. The van der Waals surface area contributed by atoms with Gasteiger partial charge >= 0.3 is 0 Å². The topological polar surface area (TPSA) is 52.0 Å². The van der Waals surface area contributed by atoms with Crippen LogP contribution in [0.2, 0.25) is 0 Å². The highest BCUT2D eigenvalue weighted by atomic mass is 19.1. The SMILES string of the molecule is COc1cc2c(cc1OC)[C@@H](c1ccccc1)[NH+](CC(=O)Nc1cccc(F)c1)CC2. The molecule has 160 valence electrons. The quantitative estimate of drug-likeness (QED) is 0.643. The third-order valence-corrected chi connectivity index (χ3v) is 5.71. The molecule has 1 aliphatic heterocycles. The first-order valence-electron chi connectivity index (χ1n) is 10.3. The minimum Gasteiger partial charge on any atom is -0.493 e. The number of rotatable bonds is 6. The van der Waals surface area contributed by atoms with E-state index in [1.165, 1.54) is 17.7 Å². The van der Waals surface area contributed by atoms with Gasteiger partial charge in [-0.25, -0.2) is 4.39 Å². The fourth-order valence-electron chi connectivity index (χ4n) is 4.31. The molecule has 0 fully saturated rings. The lowest BCUT2D eigenvalue weighted by Gasteiger charge is -2.34. The van der Waals surface area contributed by atoms with Crippen LogP contribution in [0, 0.1) is 5.82 Å². The molecule has 4 rings (SSSR count). The molecule has 6 heteroatoms. The molecule has 1 aliphatic rings. The first-order valence-corrected chi connectivity index (χ1v) is 10.3. The van der Waals surface area contributed by atoms with Crippen molar-refractivity contribution in [2.24, 2.45) is 0 Å². The van der Waals surface area contributed by atoms with Crippen LogP contribution in [0.15, 0.2) is 66.7 Å². The summed E-state index contributed by atoms with van der Waals surface area (Å²) in [6.07, 6.45) is 0.821. The van der Waals surface area contributed by atoms with Crippen LogP contribution in [0.1, 0.15) is 22.7 Å². The Labute approximate surface area is 181 Å². The summed E-state index contributed by atoms with van der Waals surface area (Å²) in [5.41, 5.74) is 3.91. The van der Waals surface area contributed by atoms with Crippen LogP contribution in [-0.4, -0.2) is 33.2 Å². The van der Waals surface area contributed by atoms with Crippen molar-refractivity contribution in [1.29, 1.82) is 0 Å². The zero-order valence-electron chi connectivity index (χ0n) is 17.7. The minimum atomic E-state index is -0.375. The maximum atomic E-state index is 13.5. The third kappa shape index (κ3) is 4.54. The summed E-state index contributed by atoms with van der Waals surface area (Å²) < 4.78 is 24.5. The van der Waals surface area contributed by atoms with E-state index in [2.05, 4.69) is 17.4 Å². The number of halogens is 1. The molecular formula is C25H26FN2O3+. The summed E-state index contributed by atoms with van der Waals surface area (Å²) in [4.78, 5) is 13.9. The van der Waals surface area contributed by atoms with E-state index >= 15 is 0 Å². The first kappa shape index (κ1) is 20.9. The number of benzene rings is 3. The number of anilines is 1. The lowest BCUT2D eigenvalue weighted by Crippen LogP contribution is -3.14. The number of hydrogen-bond donors (Lipinski definition) is 2. The summed E-state index contributed by atoms with van der Waals surface area (Å²) in [7, 11) is 3.26. The van der Waals surface area contributed by atoms with Crippen molar-refractivity contribution in [3.05, 3.63) is 89.2 Å². The normalized spacial score (nSPS) is 17.5. The van der Waals surface area contributed by atoms with Gasteiger partial charge in [-0.05, 0) is 35.9 Å². The predicted molar refractivity (Wildman–Crippen MR) is 117 cm³/mol. The summed E-state index contributed by atoms with van der Waals surface area (Å²) in [6, 6.07) is 20.2. The van der Waals surface area contributed by atoms with Crippen LogP contribution < -0.4 is 19.7 Å². The Kier molecular flexibility index (Phi) is 6.18. The number of methoxy groups -OCH3 is 2. The maximum absolute atomic E-state index is 13.5. The molecule has 2 N–H and O–H groups in total. The molecule has 0 saturated carbocycles. The van der Waals surface area contributed by atoms with Gasteiger partial charge in [0.1, 0.15) is 11.9 Å². The summed E-state index contributed by atoms with van der Waals surface area (Å²) in [6.45, 7) is 1.06. The van der Waals surface area contributed by atoms with Crippen molar-refractivity contribution in [2.75, 3.05) is 32.6 Å². The Balaban J connectivity index is 1.65. The van der Waals surface area contributed by atoms with Gasteiger partial charge in [0.05, 0.1) is 20.8 Å². The molecule has 0 bridgehead atoms. The van der Waals surface area contributed by atoms with E-state index in [0.717, 1.165) is 29.0 Å². The van der Waals surface area contributed by atoms with Gasteiger partial charge in [0.25, 0.3) is 5.91 Å². The zero-order valence-corrected chi connectivity index (χ0v) is 17.7. The Morgan fingerprint density at radius 3 is 2.48 bits per heavy atom. The third-order valence-electron chi connectivity index (χ3n) is 5.71. The lowest BCUT2D eigenvalue weighted by molar-refractivity contribution is -0.919. The molecule has 3 aromatic rings. The van der Waals surface area contributed by atoms with Gasteiger partial charge in [-0.2, -0.15) is 0 Å². The molecule has 31 heavy (non-hydrogen) atoms. The second kappa shape index (κ2) is 9.18. The Hall–Kier alpha value is -3.38.